The summed E-state index contributed by atoms with van der Waals surface area (Å²) in [5.41, 5.74) is 1.58. The van der Waals surface area contributed by atoms with E-state index >= 15 is 0 Å². The Hall–Kier alpha value is -1.88. The highest BCUT2D eigenvalue weighted by Gasteiger charge is 2.24. The van der Waals surface area contributed by atoms with Crippen molar-refractivity contribution in [3.05, 3.63) is 45.9 Å². The second-order valence-electron chi connectivity index (χ2n) is 4.93. The Morgan fingerprint density at radius 2 is 2.25 bits per heavy atom. The van der Waals surface area contributed by atoms with Crippen LogP contribution in [0.25, 0.3) is 0 Å². The van der Waals surface area contributed by atoms with E-state index in [4.69, 9.17) is 4.74 Å². The molecule has 5 heteroatoms. The van der Waals surface area contributed by atoms with E-state index in [1.54, 1.807) is 5.38 Å². The van der Waals surface area contributed by atoms with Crippen LogP contribution in [0, 0.1) is 6.92 Å². The fraction of sp³-hybridized carbons (Fsp3) is 0.333. The van der Waals surface area contributed by atoms with Gasteiger partial charge in [-0.25, -0.2) is 4.98 Å². The number of aromatic nitrogens is 1. The molecule has 0 radical (unpaired) electrons. The molecule has 0 bridgehead atoms. The van der Waals surface area contributed by atoms with Crippen LogP contribution in [-0.4, -0.2) is 16.9 Å². The summed E-state index contributed by atoms with van der Waals surface area (Å²) in [5, 5.41) is 5.53. The summed E-state index contributed by atoms with van der Waals surface area (Å²) in [6.07, 6.45) is 2.16. The van der Waals surface area contributed by atoms with Gasteiger partial charge in [0.1, 0.15) is 23.1 Å². The zero-order chi connectivity index (χ0) is 13.9. The highest BCUT2D eigenvalue weighted by molar-refractivity contribution is 7.09. The van der Waals surface area contributed by atoms with Crippen LogP contribution in [0.5, 0.6) is 5.75 Å². The average Bonchev–Trinajstić information content (AvgIpc) is 3.13. The summed E-state index contributed by atoms with van der Waals surface area (Å²) in [7, 11) is 0. The quantitative estimate of drug-likeness (QED) is 0.920. The molecule has 1 amide bonds. The first-order valence-corrected chi connectivity index (χ1v) is 7.54. The lowest BCUT2D eigenvalue weighted by molar-refractivity contribution is 0.0946. The van der Waals surface area contributed by atoms with Crippen molar-refractivity contribution in [2.75, 3.05) is 0 Å². The second-order valence-corrected chi connectivity index (χ2v) is 5.87. The van der Waals surface area contributed by atoms with Gasteiger partial charge in [0.2, 0.25) is 0 Å². The Bertz CT molecular complexity index is 620. The van der Waals surface area contributed by atoms with Crippen LogP contribution in [0.15, 0.2) is 29.6 Å². The summed E-state index contributed by atoms with van der Waals surface area (Å²) in [4.78, 5) is 16.1. The Morgan fingerprint density at radius 3 is 3.00 bits per heavy atom. The van der Waals surface area contributed by atoms with Crippen molar-refractivity contribution in [2.24, 2.45) is 0 Å². The number of hydrogen-bond acceptors (Lipinski definition) is 4. The molecule has 0 aliphatic heterocycles. The number of benzene rings is 1. The number of nitrogens with zero attached hydrogens (tertiary/aromatic N) is 1. The van der Waals surface area contributed by atoms with Gasteiger partial charge in [0.25, 0.3) is 5.91 Å². The zero-order valence-electron chi connectivity index (χ0n) is 11.3. The maximum absolute atomic E-state index is 11.8. The van der Waals surface area contributed by atoms with E-state index in [0.29, 0.717) is 18.3 Å². The molecule has 1 saturated carbocycles. The molecular weight excluding hydrogens is 272 g/mol. The first kappa shape index (κ1) is 13.1. The van der Waals surface area contributed by atoms with Crippen molar-refractivity contribution in [2.45, 2.75) is 32.4 Å². The van der Waals surface area contributed by atoms with Gasteiger partial charge in [0.05, 0.1) is 0 Å². The molecule has 2 aromatic rings. The molecule has 0 spiro atoms. The van der Waals surface area contributed by atoms with Crippen LogP contribution in [-0.2, 0) is 6.61 Å². The molecule has 20 heavy (non-hydrogen) atoms. The summed E-state index contributed by atoms with van der Waals surface area (Å²) in [6, 6.07) is 8.22. The molecule has 1 fully saturated rings. The highest BCUT2D eigenvalue weighted by Crippen LogP contribution is 2.21. The number of amides is 1. The van der Waals surface area contributed by atoms with Gasteiger partial charge in [0, 0.05) is 11.4 Å². The van der Waals surface area contributed by atoms with E-state index in [-0.39, 0.29) is 5.91 Å². The molecule has 104 valence electrons. The third-order valence-electron chi connectivity index (χ3n) is 3.14. The van der Waals surface area contributed by atoms with E-state index in [9.17, 15) is 4.79 Å². The van der Waals surface area contributed by atoms with E-state index in [2.05, 4.69) is 10.3 Å². The summed E-state index contributed by atoms with van der Waals surface area (Å²) in [5.74, 6) is 0.776. The van der Waals surface area contributed by atoms with Crippen LogP contribution < -0.4 is 10.1 Å². The molecule has 4 nitrogen and oxygen atoms in total. The molecule has 1 aromatic carbocycles. The minimum atomic E-state index is -0.0779. The number of para-hydroxylation sites is 1. The number of rotatable bonds is 5. The Balaban J connectivity index is 1.59. The maximum Gasteiger partial charge on any atom is 0.270 e. The number of carbonyl (C=O) groups excluding carboxylic acids is 1. The molecule has 3 rings (SSSR count). The predicted octanol–water partition coefficient (Wildman–Crippen LogP) is 2.92. The van der Waals surface area contributed by atoms with Crippen LogP contribution in [0.2, 0.25) is 0 Å². The fourth-order valence-electron chi connectivity index (χ4n) is 1.83. The zero-order valence-corrected chi connectivity index (χ0v) is 12.1. The monoisotopic (exact) mass is 288 g/mol. The molecule has 1 N–H and O–H groups in total. The first-order valence-electron chi connectivity index (χ1n) is 6.66. The normalized spacial score (nSPS) is 14.1. The summed E-state index contributed by atoms with van der Waals surface area (Å²) >= 11 is 1.45. The lowest BCUT2D eigenvalue weighted by Crippen LogP contribution is -2.25. The van der Waals surface area contributed by atoms with Crippen LogP contribution >= 0.6 is 11.3 Å². The Labute approximate surface area is 121 Å². The predicted molar refractivity (Wildman–Crippen MR) is 78.1 cm³/mol. The van der Waals surface area contributed by atoms with Crippen molar-refractivity contribution in [1.29, 1.82) is 0 Å². The Kier molecular flexibility index (Phi) is 3.69. The molecule has 1 aromatic heterocycles. The molecule has 1 aliphatic carbocycles. The standard InChI is InChI=1S/C15H16N2O2S/c1-10-4-2-3-5-13(10)19-8-14-17-12(9-20-14)15(18)16-11-6-7-11/h2-5,9,11H,6-8H2,1H3,(H,16,18). The highest BCUT2D eigenvalue weighted by atomic mass is 32.1. The van der Waals surface area contributed by atoms with Gasteiger partial charge in [-0.2, -0.15) is 0 Å². The Morgan fingerprint density at radius 1 is 1.45 bits per heavy atom. The number of ether oxygens (including phenoxy) is 1. The number of aryl methyl sites for hydroxylation is 1. The van der Waals surface area contributed by atoms with Crippen LogP contribution in [0.4, 0.5) is 0 Å². The number of thiazole rings is 1. The SMILES string of the molecule is Cc1ccccc1OCc1nc(C(=O)NC2CC2)cs1. The fourth-order valence-corrected chi connectivity index (χ4v) is 2.51. The van der Waals surface area contributed by atoms with Gasteiger partial charge in [0.15, 0.2) is 0 Å². The van der Waals surface area contributed by atoms with E-state index in [0.717, 1.165) is 29.2 Å². The lowest BCUT2D eigenvalue weighted by Gasteiger charge is -2.06. The van der Waals surface area contributed by atoms with Gasteiger partial charge < -0.3 is 10.1 Å². The number of carbonyl (C=O) groups is 1. The molecule has 1 aliphatic rings. The summed E-state index contributed by atoms with van der Waals surface area (Å²) in [6.45, 7) is 2.40. The molecule has 0 atom stereocenters. The largest absolute Gasteiger partial charge is 0.486 e. The molecular formula is C15H16N2O2S. The number of nitrogens with one attached hydrogen (secondary N) is 1. The van der Waals surface area contributed by atoms with Crippen molar-refractivity contribution >= 4 is 17.2 Å². The van der Waals surface area contributed by atoms with Crippen molar-refractivity contribution in [3.63, 3.8) is 0 Å². The maximum atomic E-state index is 11.8. The molecule has 0 unspecified atom stereocenters. The van der Waals surface area contributed by atoms with Crippen molar-refractivity contribution < 1.29 is 9.53 Å². The minimum Gasteiger partial charge on any atom is -0.486 e. The van der Waals surface area contributed by atoms with Crippen LogP contribution in [0.3, 0.4) is 0 Å². The minimum absolute atomic E-state index is 0.0779. The smallest absolute Gasteiger partial charge is 0.270 e. The van der Waals surface area contributed by atoms with Crippen LogP contribution in [0.1, 0.15) is 33.9 Å². The van der Waals surface area contributed by atoms with E-state index < -0.39 is 0 Å². The average molecular weight is 288 g/mol. The lowest BCUT2D eigenvalue weighted by atomic mass is 10.2. The van der Waals surface area contributed by atoms with Gasteiger partial charge in [-0.1, -0.05) is 18.2 Å². The summed E-state index contributed by atoms with van der Waals surface area (Å²) < 4.78 is 5.73. The third kappa shape index (κ3) is 3.17. The molecule has 1 heterocycles. The third-order valence-corrected chi connectivity index (χ3v) is 3.96. The van der Waals surface area contributed by atoms with Crippen molar-refractivity contribution in [1.82, 2.24) is 10.3 Å². The second kappa shape index (κ2) is 5.63. The van der Waals surface area contributed by atoms with E-state index in [1.807, 2.05) is 31.2 Å². The van der Waals surface area contributed by atoms with Crippen molar-refractivity contribution in [3.8, 4) is 5.75 Å². The number of hydrogen-bond donors (Lipinski definition) is 1. The molecule has 0 saturated heterocycles. The van der Waals surface area contributed by atoms with Gasteiger partial charge >= 0.3 is 0 Å². The van der Waals surface area contributed by atoms with E-state index in [1.165, 1.54) is 11.3 Å². The van der Waals surface area contributed by atoms with Gasteiger partial charge in [-0.15, -0.1) is 11.3 Å². The van der Waals surface area contributed by atoms with Gasteiger partial charge in [-0.3, -0.25) is 4.79 Å². The topological polar surface area (TPSA) is 51.2 Å². The first-order chi connectivity index (χ1) is 9.72. The van der Waals surface area contributed by atoms with Gasteiger partial charge in [-0.05, 0) is 31.4 Å².